The van der Waals surface area contributed by atoms with Crippen LogP contribution in [0.5, 0.6) is 0 Å². The topological polar surface area (TPSA) is 86.3 Å². The maximum atomic E-state index is 4.67. The van der Waals surface area contributed by atoms with Crippen molar-refractivity contribution in [2.24, 2.45) is 14.1 Å². The monoisotopic (exact) mass is 653 g/mol. The first-order valence-electron chi connectivity index (χ1n) is 10.2. The number of nitrogens with one attached hydrogen (secondary N) is 1. The third-order valence-electron chi connectivity index (χ3n) is 4.40. The van der Waals surface area contributed by atoms with Crippen molar-refractivity contribution in [3.8, 4) is 23.0 Å². The summed E-state index contributed by atoms with van der Waals surface area (Å²) < 4.78 is 3.89. The van der Waals surface area contributed by atoms with Gasteiger partial charge in [-0.25, -0.2) is 9.97 Å². The van der Waals surface area contributed by atoms with Crippen LogP contribution in [0.1, 0.15) is 0 Å². The molecule has 0 saturated heterocycles. The van der Waals surface area contributed by atoms with Gasteiger partial charge in [0.25, 0.3) is 0 Å². The van der Waals surface area contributed by atoms with E-state index in [9.17, 15) is 0 Å². The zero-order valence-corrected chi connectivity index (χ0v) is 22.4. The van der Waals surface area contributed by atoms with Crippen molar-refractivity contribution in [2.45, 2.75) is 0 Å². The normalized spacial score (nSPS) is 9.32. The zero-order chi connectivity index (χ0) is 24.6. The Balaban J connectivity index is 0.000000177. The first-order valence-corrected chi connectivity index (χ1v) is 13.3. The molecule has 0 bridgehead atoms. The van der Waals surface area contributed by atoms with Gasteiger partial charge in [0.05, 0.1) is 0 Å². The number of rotatable bonds is 3. The molecule has 0 amide bonds. The maximum absolute atomic E-state index is 4.67. The van der Waals surface area contributed by atoms with Crippen LogP contribution in [0.2, 0.25) is 0 Å². The molecule has 5 aromatic rings. The number of pyridine rings is 3. The summed E-state index contributed by atoms with van der Waals surface area (Å²) in [5, 5.41) is 2.99. The summed E-state index contributed by atoms with van der Waals surface area (Å²) in [4.78, 5) is 20.6. The van der Waals surface area contributed by atoms with Crippen molar-refractivity contribution >= 4 is 15.3 Å². The first kappa shape index (κ1) is 26.8. The van der Waals surface area contributed by atoms with Crippen LogP contribution in [0.3, 0.4) is 0 Å². The number of halogens is 1. The van der Waals surface area contributed by atoms with Crippen LogP contribution in [0.4, 0.5) is 5.69 Å². The average Bonchev–Trinajstić information content (AvgIpc) is 3.55. The Bertz CT molecular complexity index is 1110. The standard InChI is InChI=1S/2C9H9N3.C6H8N2.ClH.Os/c2*1-12-7-6-11-9(12)8-4-2-3-5-10-8;1-7-6-2-4-8-5-3-6;;/h2*2-7H,1H3;2-5H,1H3,(H,7,8);1H;/q;;;;+1/p-1. The third kappa shape index (κ3) is 8.51. The van der Waals surface area contributed by atoms with Crippen molar-refractivity contribution in [1.82, 2.24) is 34.1 Å². The Morgan fingerprint density at radius 3 is 1.41 bits per heavy atom. The van der Waals surface area contributed by atoms with E-state index in [0.717, 1.165) is 28.7 Å². The SMILES string of the molecule is CNc1ccncc1.Cn1ccnc1-c1ccccn1.Cn1ccnc1-c1ccccn1.[Cl][Os]. The van der Waals surface area contributed by atoms with Crippen molar-refractivity contribution < 1.29 is 17.6 Å². The van der Waals surface area contributed by atoms with Gasteiger partial charge < -0.3 is 14.5 Å². The Hall–Kier alpha value is -3.40. The Kier molecular flexibility index (Phi) is 12.2. The molecule has 0 spiro atoms. The molecule has 1 N–H and O–H groups in total. The quantitative estimate of drug-likeness (QED) is 0.303. The fourth-order valence-corrected chi connectivity index (χ4v) is 2.73. The molecule has 5 aromatic heterocycles. The summed E-state index contributed by atoms with van der Waals surface area (Å²) in [5.74, 6) is 1.80. The molecule has 177 valence electrons. The van der Waals surface area contributed by atoms with Crippen LogP contribution >= 0.6 is 9.64 Å². The number of hydrogen-bond donors (Lipinski definition) is 1. The summed E-state index contributed by atoms with van der Waals surface area (Å²) in [7, 11) is 10.5. The average molecular weight is 652 g/mol. The van der Waals surface area contributed by atoms with Crippen LogP contribution in [0.25, 0.3) is 23.0 Å². The predicted molar refractivity (Wildman–Crippen MR) is 133 cm³/mol. The summed E-state index contributed by atoms with van der Waals surface area (Å²) in [6.45, 7) is 0. The second-order valence-electron chi connectivity index (χ2n) is 6.64. The van der Waals surface area contributed by atoms with Crippen LogP contribution in [-0.2, 0) is 31.7 Å². The molecular formula is C24H26ClN8Os. The summed E-state index contributed by atoms with van der Waals surface area (Å²) >= 11 is 1.33. The molecule has 0 aliphatic heterocycles. The summed E-state index contributed by atoms with van der Waals surface area (Å²) in [5.41, 5.74) is 2.91. The number of nitrogens with zero attached hydrogens (tertiary/aromatic N) is 7. The number of anilines is 1. The fraction of sp³-hybridized carbons (Fsp3) is 0.125. The molecule has 0 aliphatic rings. The van der Waals surface area contributed by atoms with Crippen LogP contribution in [-0.4, -0.2) is 41.1 Å². The molecule has 10 heteroatoms. The number of aromatic nitrogens is 7. The van der Waals surface area contributed by atoms with E-state index in [2.05, 4.69) is 39.9 Å². The molecule has 5 rings (SSSR count). The van der Waals surface area contributed by atoms with E-state index in [0.29, 0.717) is 0 Å². The molecule has 0 saturated carbocycles. The Morgan fingerprint density at radius 1 is 0.647 bits per heavy atom. The van der Waals surface area contributed by atoms with Gasteiger partial charge in [-0.15, -0.1) is 0 Å². The zero-order valence-electron chi connectivity index (χ0n) is 19.1. The Labute approximate surface area is 214 Å². The van der Waals surface area contributed by atoms with E-state index in [1.165, 1.54) is 17.6 Å². The predicted octanol–water partition coefficient (Wildman–Crippen LogP) is 4.77. The second-order valence-corrected chi connectivity index (χ2v) is 6.64. The van der Waals surface area contributed by atoms with Gasteiger partial charge in [-0.2, -0.15) is 0 Å². The van der Waals surface area contributed by atoms with E-state index < -0.39 is 0 Å². The van der Waals surface area contributed by atoms with E-state index in [4.69, 9.17) is 0 Å². The van der Waals surface area contributed by atoms with Gasteiger partial charge in [-0.1, -0.05) is 12.1 Å². The van der Waals surface area contributed by atoms with Gasteiger partial charge in [0.2, 0.25) is 0 Å². The molecule has 0 aliphatic carbocycles. The van der Waals surface area contributed by atoms with Crippen molar-refractivity contribution in [3.63, 3.8) is 0 Å². The number of aryl methyl sites for hydroxylation is 2. The van der Waals surface area contributed by atoms with Gasteiger partial charge in [0.1, 0.15) is 11.4 Å². The van der Waals surface area contributed by atoms with Crippen molar-refractivity contribution in [3.05, 3.63) is 98.1 Å². The van der Waals surface area contributed by atoms with Gasteiger partial charge in [0, 0.05) is 76.4 Å². The second kappa shape index (κ2) is 15.4. The van der Waals surface area contributed by atoms with Crippen molar-refractivity contribution in [2.75, 3.05) is 12.4 Å². The molecule has 0 atom stereocenters. The molecular weight excluding hydrogens is 626 g/mol. The van der Waals surface area contributed by atoms with Crippen LogP contribution < -0.4 is 5.32 Å². The molecule has 0 unspecified atom stereocenters. The van der Waals surface area contributed by atoms with E-state index in [-0.39, 0.29) is 0 Å². The number of imidazole rings is 2. The number of hydrogen-bond acceptors (Lipinski definition) is 6. The summed E-state index contributed by atoms with van der Waals surface area (Å²) in [6.07, 6.45) is 14.4. The molecule has 0 radical (unpaired) electrons. The van der Waals surface area contributed by atoms with E-state index in [1.54, 1.807) is 37.2 Å². The molecule has 8 nitrogen and oxygen atoms in total. The molecule has 5 heterocycles. The van der Waals surface area contributed by atoms with Gasteiger partial charge in [-0.3, -0.25) is 15.0 Å². The minimum atomic E-state index is 0.899. The third-order valence-corrected chi connectivity index (χ3v) is 4.40. The fourth-order valence-electron chi connectivity index (χ4n) is 2.73. The molecule has 34 heavy (non-hydrogen) atoms. The Morgan fingerprint density at radius 2 is 1.12 bits per heavy atom. The van der Waals surface area contributed by atoms with Gasteiger partial charge in [-0.05, 0) is 36.4 Å². The van der Waals surface area contributed by atoms with Gasteiger partial charge in [0.15, 0.2) is 11.6 Å². The molecule has 0 fully saturated rings. The van der Waals surface area contributed by atoms with Crippen LogP contribution in [0, 0.1) is 0 Å². The van der Waals surface area contributed by atoms with Crippen LogP contribution in [0.15, 0.2) is 98.1 Å². The minimum absolute atomic E-state index is 0.899. The summed E-state index contributed by atoms with van der Waals surface area (Å²) in [6, 6.07) is 15.4. The molecule has 0 aromatic carbocycles. The van der Waals surface area contributed by atoms with Crippen molar-refractivity contribution in [1.29, 1.82) is 0 Å². The van der Waals surface area contributed by atoms with E-state index in [1.807, 2.05) is 91.2 Å². The van der Waals surface area contributed by atoms with E-state index >= 15 is 0 Å². The van der Waals surface area contributed by atoms with Gasteiger partial charge >= 0.3 is 27.2 Å². The first-order chi connectivity index (χ1) is 16.7.